The second-order valence-electron chi connectivity index (χ2n) is 3.58. The molecule has 0 aliphatic carbocycles. The number of hydrogen-bond donors (Lipinski definition) is 0. The average molecular weight is 316 g/mol. The molecule has 0 radical (unpaired) electrons. The zero-order chi connectivity index (χ0) is 13.0. The third-order valence-electron chi connectivity index (χ3n) is 2.16. The summed E-state index contributed by atoms with van der Waals surface area (Å²) < 4.78 is 28.9. The van der Waals surface area contributed by atoms with Crippen molar-refractivity contribution in [2.24, 2.45) is 0 Å². The van der Waals surface area contributed by atoms with Crippen LogP contribution in [-0.4, -0.2) is 12.3 Å². The van der Waals surface area contributed by atoms with Gasteiger partial charge in [0.2, 0.25) is 0 Å². The molecule has 1 aromatic carbocycles. The van der Waals surface area contributed by atoms with Crippen LogP contribution in [0, 0.1) is 5.82 Å². The minimum Gasteiger partial charge on any atom is -0.486 e. The molecule has 96 valence electrons. The lowest BCUT2D eigenvalue weighted by Crippen LogP contribution is -1.96. The molecule has 0 spiro atoms. The molecule has 0 aliphatic rings. The van der Waals surface area contributed by atoms with Crippen LogP contribution in [0.3, 0.4) is 0 Å². The summed E-state index contributed by atoms with van der Waals surface area (Å²) in [7, 11) is 1.58. The molecule has 2 aromatic rings. The Hall–Kier alpha value is -1.40. The molecule has 2 rings (SSSR count). The number of ether oxygens (including phenoxy) is 2. The van der Waals surface area contributed by atoms with Crippen molar-refractivity contribution in [1.82, 2.24) is 5.16 Å². The fourth-order valence-corrected chi connectivity index (χ4v) is 1.84. The lowest BCUT2D eigenvalue weighted by Gasteiger charge is -2.05. The zero-order valence-electron chi connectivity index (χ0n) is 9.65. The van der Waals surface area contributed by atoms with E-state index in [4.69, 9.17) is 14.0 Å². The molecular formula is C12H11BrFNO3. The van der Waals surface area contributed by atoms with Crippen molar-refractivity contribution in [3.8, 4) is 5.75 Å². The summed E-state index contributed by atoms with van der Waals surface area (Å²) in [4.78, 5) is 0. The first-order chi connectivity index (χ1) is 8.69. The Bertz CT molecular complexity index is 530. The zero-order valence-corrected chi connectivity index (χ0v) is 11.2. The van der Waals surface area contributed by atoms with E-state index in [2.05, 4.69) is 21.1 Å². The Morgan fingerprint density at radius 2 is 2.17 bits per heavy atom. The molecular weight excluding hydrogens is 305 g/mol. The van der Waals surface area contributed by atoms with E-state index in [1.807, 2.05) is 0 Å². The minimum absolute atomic E-state index is 0.247. The summed E-state index contributed by atoms with van der Waals surface area (Å²) in [5.74, 6) is 0.861. The van der Waals surface area contributed by atoms with Crippen molar-refractivity contribution < 1.29 is 18.4 Å². The number of nitrogens with zero attached hydrogens (tertiary/aromatic N) is 1. The lowest BCUT2D eigenvalue weighted by atomic mass is 10.3. The van der Waals surface area contributed by atoms with E-state index in [1.165, 1.54) is 12.1 Å². The van der Waals surface area contributed by atoms with Crippen molar-refractivity contribution >= 4 is 15.9 Å². The molecule has 0 unspecified atom stereocenters. The molecule has 4 nitrogen and oxygen atoms in total. The van der Waals surface area contributed by atoms with Gasteiger partial charge < -0.3 is 14.0 Å². The van der Waals surface area contributed by atoms with Crippen LogP contribution in [0.4, 0.5) is 4.39 Å². The fourth-order valence-electron chi connectivity index (χ4n) is 1.38. The average Bonchev–Trinajstić information content (AvgIpc) is 2.76. The summed E-state index contributed by atoms with van der Waals surface area (Å²) in [6.45, 7) is 0.616. The van der Waals surface area contributed by atoms with E-state index < -0.39 is 0 Å². The van der Waals surface area contributed by atoms with Gasteiger partial charge >= 0.3 is 0 Å². The Labute approximate surface area is 112 Å². The smallest absolute Gasteiger partial charge is 0.162 e. The molecule has 0 aliphatic heterocycles. The van der Waals surface area contributed by atoms with Crippen LogP contribution >= 0.6 is 15.9 Å². The molecule has 1 heterocycles. The Morgan fingerprint density at radius 1 is 1.33 bits per heavy atom. The number of halogens is 2. The molecule has 0 saturated heterocycles. The highest BCUT2D eigenvalue weighted by Gasteiger charge is 2.07. The Balaban J connectivity index is 1.97. The summed E-state index contributed by atoms with van der Waals surface area (Å²) in [5.41, 5.74) is 0.651. The van der Waals surface area contributed by atoms with E-state index in [0.29, 0.717) is 28.3 Å². The van der Waals surface area contributed by atoms with Crippen LogP contribution in [0.2, 0.25) is 0 Å². The molecule has 6 heteroatoms. The highest BCUT2D eigenvalue weighted by atomic mass is 79.9. The third-order valence-corrected chi connectivity index (χ3v) is 2.78. The van der Waals surface area contributed by atoms with Crippen LogP contribution in [0.1, 0.15) is 11.5 Å². The highest BCUT2D eigenvalue weighted by Crippen LogP contribution is 2.26. The van der Waals surface area contributed by atoms with E-state index in [0.717, 1.165) is 0 Å². The predicted molar refractivity (Wildman–Crippen MR) is 65.6 cm³/mol. The van der Waals surface area contributed by atoms with Gasteiger partial charge in [-0.05, 0) is 34.1 Å². The van der Waals surface area contributed by atoms with Gasteiger partial charge in [-0.25, -0.2) is 4.39 Å². The molecule has 0 atom stereocenters. The van der Waals surface area contributed by atoms with Crippen LogP contribution < -0.4 is 4.74 Å². The van der Waals surface area contributed by atoms with Gasteiger partial charge in [0.25, 0.3) is 0 Å². The monoisotopic (exact) mass is 315 g/mol. The third kappa shape index (κ3) is 3.30. The SMILES string of the molecule is COCc1cc(COc2ccc(F)cc2Br)no1. The van der Waals surface area contributed by atoms with Gasteiger partial charge in [0.15, 0.2) is 5.76 Å². The maximum Gasteiger partial charge on any atom is 0.162 e. The maximum atomic E-state index is 12.9. The van der Waals surface area contributed by atoms with Crippen molar-refractivity contribution in [1.29, 1.82) is 0 Å². The second kappa shape index (κ2) is 5.97. The molecule has 0 bridgehead atoms. The number of rotatable bonds is 5. The van der Waals surface area contributed by atoms with Gasteiger partial charge in [-0.15, -0.1) is 0 Å². The van der Waals surface area contributed by atoms with Crippen molar-refractivity contribution in [3.05, 3.63) is 46.0 Å². The van der Waals surface area contributed by atoms with Crippen LogP contribution in [0.5, 0.6) is 5.75 Å². The normalized spacial score (nSPS) is 10.6. The summed E-state index contributed by atoms with van der Waals surface area (Å²) in [6, 6.07) is 5.98. The van der Waals surface area contributed by atoms with E-state index >= 15 is 0 Å². The van der Waals surface area contributed by atoms with Gasteiger partial charge in [-0.2, -0.15) is 0 Å². The minimum atomic E-state index is -0.321. The molecule has 0 saturated carbocycles. The van der Waals surface area contributed by atoms with E-state index in [1.54, 1.807) is 19.2 Å². The fraction of sp³-hybridized carbons (Fsp3) is 0.250. The van der Waals surface area contributed by atoms with Crippen LogP contribution in [-0.2, 0) is 18.0 Å². The maximum absolute atomic E-state index is 12.9. The van der Waals surface area contributed by atoms with Gasteiger partial charge in [0, 0.05) is 13.2 Å². The molecule has 1 aromatic heterocycles. The number of hydrogen-bond acceptors (Lipinski definition) is 4. The Kier molecular flexibility index (Phi) is 4.33. The topological polar surface area (TPSA) is 44.5 Å². The first-order valence-electron chi connectivity index (χ1n) is 5.20. The molecule has 0 fully saturated rings. The predicted octanol–water partition coefficient (Wildman–Crippen LogP) is 3.30. The van der Waals surface area contributed by atoms with Crippen molar-refractivity contribution in [3.63, 3.8) is 0 Å². The first-order valence-corrected chi connectivity index (χ1v) is 5.99. The summed E-state index contributed by atoms with van der Waals surface area (Å²) in [6.07, 6.45) is 0. The largest absolute Gasteiger partial charge is 0.486 e. The first kappa shape index (κ1) is 13.0. The lowest BCUT2D eigenvalue weighted by molar-refractivity contribution is 0.155. The second-order valence-corrected chi connectivity index (χ2v) is 4.44. The van der Waals surface area contributed by atoms with Gasteiger partial charge in [-0.1, -0.05) is 5.16 Å². The molecule has 0 N–H and O–H groups in total. The summed E-state index contributed by atoms with van der Waals surface area (Å²) >= 11 is 3.22. The quantitative estimate of drug-likeness (QED) is 0.849. The summed E-state index contributed by atoms with van der Waals surface area (Å²) in [5, 5.41) is 3.83. The molecule has 0 amide bonds. The number of aromatic nitrogens is 1. The van der Waals surface area contributed by atoms with Crippen molar-refractivity contribution in [2.45, 2.75) is 13.2 Å². The Morgan fingerprint density at radius 3 is 2.89 bits per heavy atom. The van der Waals surface area contributed by atoms with Gasteiger partial charge in [-0.3, -0.25) is 0 Å². The van der Waals surface area contributed by atoms with Crippen molar-refractivity contribution in [2.75, 3.05) is 7.11 Å². The highest BCUT2D eigenvalue weighted by molar-refractivity contribution is 9.10. The van der Waals surface area contributed by atoms with E-state index in [-0.39, 0.29) is 12.4 Å². The number of methoxy groups -OCH3 is 1. The van der Waals surface area contributed by atoms with Crippen LogP contribution in [0.25, 0.3) is 0 Å². The number of benzene rings is 1. The van der Waals surface area contributed by atoms with Gasteiger partial charge in [0.1, 0.15) is 30.5 Å². The van der Waals surface area contributed by atoms with Gasteiger partial charge in [0.05, 0.1) is 4.47 Å². The van der Waals surface area contributed by atoms with Crippen LogP contribution in [0.15, 0.2) is 33.3 Å². The van der Waals surface area contributed by atoms with E-state index in [9.17, 15) is 4.39 Å². The standard InChI is InChI=1S/C12H11BrFNO3/c1-16-7-10-5-9(15-18-10)6-17-12-3-2-8(14)4-11(12)13/h2-5H,6-7H2,1H3. The molecule has 18 heavy (non-hydrogen) atoms.